The number of aromatic nitrogens is 3. The second-order valence-electron chi connectivity index (χ2n) is 4.31. The summed E-state index contributed by atoms with van der Waals surface area (Å²) in [6, 6.07) is 0. The first kappa shape index (κ1) is 11.8. The normalized spacial score (nSPS) is 20.2. The van der Waals surface area contributed by atoms with E-state index in [2.05, 4.69) is 15.2 Å². The third-order valence-electron chi connectivity index (χ3n) is 2.84. The molecule has 1 atom stereocenters. The van der Waals surface area contributed by atoms with Crippen LogP contribution in [0.2, 0.25) is 0 Å². The minimum absolute atomic E-state index is 0.0859. The summed E-state index contributed by atoms with van der Waals surface area (Å²) in [6.45, 7) is 2.21. The minimum Gasteiger partial charge on any atom is -0.381 e. The molecule has 3 N–H and O–H groups in total. The average Bonchev–Trinajstić information content (AvgIpc) is 2.76. The highest BCUT2D eigenvalue weighted by Gasteiger charge is 2.21. The lowest BCUT2D eigenvalue weighted by Crippen LogP contribution is -2.35. The van der Waals surface area contributed by atoms with Crippen LogP contribution in [0.25, 0.3) is 0 Å². The highest BCUT2D eigenvalue weighted by atomic mass is 16.5. The van der Waals surface area contributed by atoms with Gasteiger partial charge in [0.1, 0.15) is 0 Å². The minimum atomic E-state index is -0.195. The number of nitrogens with zero attached hydrogens (tertiary/aromatic N) is 3. The summed E-state index contributed by atoms with van der Waals surface area (Å²) in [5.41, 5.74) is 5.36. The topological polar surface area (TPSA) is 97.1 Å². The van der Waals surface area contributed by atoms with Crippen molar-refractivity contribution in [1.82, 2.24) is 20.1 Å². The number of hydrogen-bond acceptors (Lipinski definition) is 5. The molecule has 2 heterocycles. The van der Waals surface area contributed by atoms with E-state index in [1.54, 1.807) is 11.9 Å². The third kappa shape index (κ3) is 2.94. The number of amides is 1. The SMILES string of the molecule is CN(CC1CCCOC1)C(=O)c1nc(N)n[nH]1. The summed E-state index contributed by atoms with van der Waals surface area (Å²) in [5.74, 6) is 0.474. The second kappa shape index (κ2) is 5.13. The standard InChI is InChI=1S/C10H17N5O2/c1-15(5-7-3-2-4-17-6-7)9(16)8-12-10(11)14-13-8/h7H,2-6H2,1H3,(H3,11,12,13,14). The molecule has 1 fully saturated rings. The number of nitrogens with one attached hydrogen (secondary N) is 1. The van der Waals surface area contributed by atoms with E-state index in [1.807, 2.05) is 0 Å². The number of carbonyl (C=O) groups excluding carboxylic acids is 1. The average molecular weight is 239 g/mol. The summed E-state index contributed by atoms with van der Waals surface area (Å²) >= 11 is 0. The summed E-state index contributed by atoms with van der Waals surface area (Å²) in [4.78, 5) is 17.4. The molecule has 0 spiro atoms. The van der Waals surface area contributed by atoms with E-state index in [0.29, 0.717) is 12.5 Å². The Bertz CT molecular complexity index is 386. The maximum absolute atomic E-state index is 11.9. The summed E-state index contributed by atoms with van der Waals surface area (Å²) in [7, 11) is 1.75. The van der Waals surface area contributed by atoms with Gasteiger partial charge in [0.15, 0.2) is 0 Å². The van der Waals surface area contributed by atoms with Crippen molar-refractivity contribution in [3.05, 3.63) is 5.82 Å². The van der Waals surface area contributed by atoms with Crippen molar-refractivity contribution >= 4 is 11.9 Å². The Labute approximate surface area is 99.3 Å². The van der Waals surface area contributed by atoms with E-state index in [0.717, 1.165) is 26.1 Å². The van der Waals surface area contributed by atoms with E-state index in [1.165, 1.54) is 0 Å². The fraction of sp³-hybridized carbons (Fsp3) is 0.700. The fourth-order valence-corrected chi connectivity index (χ4v) is 1.97. The monoisotopic (exact) mass is 239 g/mol. The van der Waals surface area contributed by atoms with Gasteiger partial charge in [-0.05, 0) is 18.8 Å². The first-order valence-electron chi connectivity index (χ1n) is 5.68. The van der Waals surface area contributed by atoms with Crippen LogP contribution in [0.15, 0.2) is 0 Å². The van der Waals surface area contributed by atoms with Crippen LogP contribution < -0.4 is 5.73 Å². The maximum Gasteiger partial charge on any atom is 0.290 e. The van der Waals surface area contributed by atoms with E-state index in [4.69, 9.17) is 10.5 Å². The molecule has 1 unspecified atom stereocenters. The van der Waals surface area contributed by atoms with Crippen molar-refractivity contribution in [2.75, 3.05) is 32.5 Å². The van der Waals surface area contributed by atoms with Crippen LogP contribution in [0.4, 0.5) is 5.95 Å². The number of nitrogen functional groups attached to an aromatic ring is 1. The van der Waals surface area contributed by atoms with Gasteiger partial charge in [-0.25, -0.2) is 0 Å². The maximum atomic E-state index is 11.9. The molecule has 2 rings (SSSR count). The van der Waals surface area contributed by atoms with Crippen molar-refractivity contribution in [2.24, 2.45) is 5.92 Å². The Morgan fingerprint density at radius 2 is 2.53 bits per heavy atom. The highest BCUT2D eigenvalue weighted by molar-refractivity contribution is 5.90. The summed E-state index contributed by atoms with van der Waals surface area (Å²) in [6.07, 6.45) is 2.15. The molecule has 0 saturated carbocycles. The quantitative estimate of drug-likeness (QED) is 0.766. The van der Waals surface area contributed by atoms with Gasteiger partial charge in [0.25, 0.3) is 5.91 Å². The molecule has 1 aromatic rings. The van der Waals surface area contributed by atoms with Crippen molar-refractivity contribution in [3.63, 3.8) is 0 Å². The molecule has 0 aliphatic carbocycles. The number of rotatable bonds is 3. The highest BCUT2D eigenvalue weighted by Crippen LogP contribution is 2.15. The van der Waals surface area contributed by atoms with Gasteiger partial charge in [-0.2, -0.15) is 4.98 Å². The molecule has 1 aromatic heterocycles. The third-order valence-corrected chi connectivity index (χ3v) is 2.84. The molecule has 7 nitrogen and oxygen atoms in total. The number of aromatic amines is 1. The Balaban J connectivity index is 1.90. The van der Waals surface area contributed by atoms with Crippen LogP contribution >= 0.6 is 0 Å². The fourth-order valence-electron chi connectivity index (χ4n) is 1.97. The predicted molar refractivity (Wildman–Crippen MR) is 61.3 cm³/mol. The summed E-state index contributed by atoms with van der Waals surface area (Å²) in [5, 5.41) is 6.15. The number of ether oxygens (including phenoxy) is 1. The van der Waals surface area contributed by atoms with Gasteiger partial charge in [0.2, 0.25) is 11.8 Å². The molecule has 94 valence electrons. The Morgan fingerprint density at radius 1 is 1.71 bits per heavy atom. The van der Waals surface area contributed by atoms with E-state index in [-0.39, 0.29) is 17.7 Å². The van der Waals surface area contributed by atoms with Gasteiger partial charge in [-0.3, -0.25) is 9.89 Å². The second-order valence-corrected chi connectivity index (χ2v) is 4.31. The van der Waals surface area contributed by atoms with Crippen molar-refractivity contribution in [1.29, 1.82) is 0 Å². The molecular weight excluding hydrogens is 222 g/mol. The van der Waals surface area contributed by atoms with E-state index >= 15 is 0 Å². The molecule has 1 aliphatic rings. The van der Waals surface area contributed by atoms with Gasteiger partial charge in [0.05, 0.1) is 6.61 Å². The van der Waals surface area contributed by atoms with Gasteiger partial charge in [-0.1, -0.05) is 0 Å². The van der Waals surface area contributed by atoms with Gasteiger partial charge >= 0.3 is 0 Å². The molecule has 0 aromatic carbocycles. The van der Waals surface area contributed by atoms with Crippen molar-refractivity contribution < 1.29 is 9.53 Å². The molecule has 1 saturated heterocycles. The lowest BCUT2D eigenvalue weighted by Gasteiger charge is -2.26. The molecule has 1 amide bonds. The predicted octanol–water partition coefficient (Wildman–Crippen LogP) is -0.114. The number of hydrogen-bond donors (Lipinski definition) is 2. The molecule has 0 bridgehead atoms. The lowest BCUT2D eigenvalue weighted by atomic mass is 10.0. The first-order chi connectivity index (χ1) is 8.16. The Kier molecular flexibility index (Phi) is 3.58. The van der Waals surface area contributed by atoms with E-state index in [9.17, 15) is 4.79 Å². The molecular formula is C10H17N5O2. The summed E-state index contributed by atoms with van der Waals surface area (Å²) < 4.78 is 5.38. The number of carbonyl (C=O) groups is 1. The lowest BCUT2D eigenvalue weighted by molar-refractivity contribution is 0.0385. The van der Waals surface area contributed by atoms with Crippen LogP contribution in [-0.4, -0.2) is 52.8 Å². The van der Waals surface area contributed by atoms with Crippen molar-refractivity contribution in [2.45, 2.75) is 12.8 Å². The van der Waals surface area contributed by atoms with Gasteiger partial charge < -0.3 is 15.4 Å². The van der Waals surface area contributed by atoms with Crippen LogP contribution in [0, 0.1) is 5.92 Å². The smallest absolute Gasteiger partial charge is 0.290 e. The van der Waals surface area contributed by atoms with Gasteiger partial charge in [-0.15, -0.1) is 5.10 Å². The van der Waals surface area contributed by atoms with E-state index < -0.39 is 0 Å². The molecule has 0 radical (unpaired) electrons. The Hall–Kier alpha value is -1.63. The van der Waals surface area contributed by atoms with Crippen LogP contribution in [0.5, 0.6) is 0 Å². The van der Waals surface area contributed by atoms with Gasteiger partial charge in [0, 0.05) is 20.2 Å². The molecule has 17 heavy (non-hydrogen) atoms. The zero-order valence-electron chi connectivity index (χ0n) is 9.85. The first-order valence-corrected chi connectivity index (χ1v) is 5.68. The number of anilines is 1. The van der Waals surface area contributed by atoms with Crippen molar-refractivity contribution in [3.8, 4) is 0 Å². The largest absolute Gasteiger partial charge is 0.381 e. The van der Waals surface area contributed by atoms with Crippen LogP contribution in [-0.2, 0) is 4.74 Å². The zero-order valence-corrected chi connectivity index (χ0v) is 9.85. The number of nitrogens with two attached hydrogens (primary N) is 1. The molecule has 7 heteroatoms. The van der Waals surface area contributed by atoms with Crippen LogP contribution in [0.1, 0.15) is 23.5 Å². The molecule has 1 aliphatic heterocycles. The Morgan fingerprint density at radius 3 is 3.12 bits per heavy atom. The zero-order chi connectivity index (χ0) is 12.3. The number of H-pyrrole nitrogens is 1. The van der Waals surface area contributed by atoms with Crippen LogP contribution in [0.3, 0.4) is 0 Å².